The van der Waals surface area contributed by atoms with Gasteiger partial charge in [0.1, 0.15) is 5.82 Å². The van der Waals surface area contributed by atoms with Crippen molar-refractivity contribution < 1.29 is 8.42 Å². The molecule has 0 fully saturated rings. The zero-order chi connectivity index (χ0) is 23.0. The Morgan fingerprint density at radius 1 is 0.853 bits per heavy atom. The van der Waals surface area contributed by atoms with Crippen LogP contribution in [0.2, 0.25) is 0 Å². The highest BCUT2D eigenvalue weighted by Crippen LogP contribution is 2.42. The zero-order valence-electron chi connectivity index (χ0n) is 18.4. The van der Waals surface area contributed by atoms with Gasteiger partial charge >= 0.3 is 0 Å². The van der Waals surface area contributed by atoms with Crippen molar-refractivity contribution in [2.45, 2.75) is 23.1 Å². The van der Waals surface area contributed by atoms with E-state index in [1.807, 2.05) is 54.1 Å². The fourth-order valence-electron chi connectivity index (χ4n) is 5.21. The van der Waals surface area contributed by atoms with E-state index in [0.717, 1.165) is 38.6 Å². The van der Waals surface area contributed by atoms with Gasteiger partial charge in [-0.25, -0.2) is 13.4 Å². The molecule has 5 nitrogen and oxygen atoms in total. The molecule has 34 heavy (non-hydrogen) atoms. The van der Waals surface area contributed by atoms with Gasteiger partial charge < -0.3 is 0 Å². The highest BCUT2D eigenvalue weighted by Gasteiger charge is 2.33. The Hall–Kier alpha value is -4.03. The number of sulfone groups is 1. The van der Waals surface area contributed by atoms with Crippen molar-refractivity contribution in [3.8, 4) is 16.8 Å². The number of hydrogen-bond donors (Lipinski definition) is 0. The summed E-state index contributed by atoms with van der Waals surface area (Å²) in [5.74, 6) is 0.848. The molecule has 7 rings (SSSR count). The Kier molecular flexibility index (Phi) is 3.86. The first kappa shape index (κ1) is 19.4. The number of para-hydroxylation sites is 1. The summed E-state index contributed by atoms with van der Waals surface area (Å²) in [4.78, 5) is 10.1. The molecule has 0 bridgehead atoms. The normalized spacial score (nSPS) is 14.0. The molecule has 3 heterocycles. The lowest BCUT2D eigenvalue weighted by Gasteiger charge is -2.22. The molecule has 0 aliphatic carbocycles. The average molecular weight is 462 g/mol. The average Bonchev–Trinajstić information content (AvgIpc) is 3.26. The zero-order valence-corrected chi connectivity index (χ0v) is 19.2. The van der Waals surface area contributed by atoms with Gasteiger partial charge in [-0.05, 0) is 52.9 Å². The SMILES string of the molecule is CCc1nc2cccc3c2n1-c1cc(-c2cc4ccccc4c4ncccc24)ccc1S3(=O)=O. The van der Waals surface area contributed by atoms with Gasteiger partial charge in [0, 0.05) is 23.4 Å². The standard InChI is InChI=1S/C28H19N3O2S/c1-2-26-30-22-10-5-11-25-28(22)31(26)23-16-18(12-13-24(23)34(25,32)33)21-15-17-7-3-4-8-19(17)27-20(21)9-6-14-29-27/h3-16H,2H2,1H3. The van der Waals surface area contributed by atoms with Crippen LogP contribution in [0.25, 0.3) is 49.5 Å². The fourth-order valence-corrected chi connectivity index (χ4v) is 6.83. The van der Waals surface area contributed by atoms with Crippen LogP contribution in [0.5, 0.6) is 0 Å². The highest BCUT2D eigenvalue weighted by atomic mass is 32.2. The molecule has 0 spiro atoms. The maximum atomic E-state index is 13.6. The molecule has 0 radical (unpaired) electrons. The van der Waals surface area contributed by atoms with E-state index in [2.05, 4.69) is 29.2 Å². The summed E-state index contributed by atoms with van der Waals surface area (Å²) in [7, 11) is -3.65. The van der Waals surface area contributed by atoms with E-state index >= 15 is 0 Å². The molecule has 2 aromatic heterocycles. The van der Waals surface area contributed by atoms with Crippen LogP contribution in [0.3, 0.4) is 0 Å². The van der Waals surface area contributed by atoms with E-state index in [4.69, 9.17) is 4.98 Å². The molecular formula is C28H19N3O2S. The number of hydrogen-bond acceptors (Lipinski definition) is 4. The van der Waals surface area contributed by atoms with Crippen LogP contribution in [-0.4, -0.2) is 23.0 Å². The van der Waals surface area contributed by atoms with Gasteiger partial charge in [-0.3, -0.25) is 9.55 Å². The molecule has 0 saturated heterocycles. The second-order valence-corrected chi connectivity index (χ2v) is 10.5. The van der Waals surface area contributed by atoms with Crippen LogP contribution in [0, 0.1) is 0 Å². The molecule has 1 aliphatic heterocycles. The van der Waals surface area contributed by atoms with Crippen LogP contribution in [0.4, 0.5) is 0 Å². The third-order valence-corrected chi connectivity index (χ3v) is 8.56. The first-order valence-corrected chi connectivity index (χ1v) is 12.7. The number of pyridine rings is 1. The van der Waals surface area contributed by atoms with Crippen molar-refractivity contribution in [3.05, 3.63) is 90.9 Å². The maximum Gasteiger partial charge on any atom is 0.210 e. The summed E-state index contributed by atoms with van der Waals surface area (Å²) in [5.41, 5.74) is 4.92. The van der Waals surface area contributed by atoms with E-state index in [1.54, 1.807) is 18.2 Å². The van der Waals surface area contributed by atoms with Crippen molar-refractivity contribution >= 4 is 42.5 Å². The third kappa shape index (κ3) is 2.46. The molecule has 4 aromatic carbocycles. The Bertz CT molecular complexity index is 1920. The second kappa shape index (κ2) is 6.74. The Morgan fingerprint density at radius 3 is 2.59 bits per heavy atom. The molecule has 0 atom stereocenters. The number of aryl methyl sites for hydroxylation is 1. The van der Waals surface area contributed by atoms with E-state index in [-0.39, 0.29) is 0 Å². The second-order valence-electron chi connectivity index (χ2n) is 8.57. The van der Waals surface area contributed by atoms with Crippen molar-refractivity contribution in [1.29, 1.82) is 0 Å². The fraction of sp³-hybridized carbons (Fsp3) is 0.0714. The van der Waals surface area contributed by atoms with Gasteiger partial charge in [0.2, 0.25) is 9.84 Å². The van der Waals surface area contributed by atoms with Gasteiger partial charge in [0.05, 0.1) is 32.0 Å². The number of nitrogens with zero attached hydrogens (tertiary/aromatic N) is 3. The minimum Gasteiger partial charge on any atom is -0.294 e. The largest absolute Gasteiger partial charge is 0.294 e. The Labute approximate surface area is 196 Å². The van der Waals surface area contributed by atoms with Crippen molar-refractivity contribution in [1.82, 2.24) is 14.5 Å². The van der Waals surface area contributed by atoms with Gasteiger partial charge in [-0.1, -0.05) is 49.4 Å². The van der Waals surface area contributed by atoms with E-state index < -0.39 is 9.84 Å². The van der Waals surface area contributed by atoms with Gasteiger partial charge in [-0.2, -0.15) is 0 Å². The maximum absolute atomic E-state index is 13.6. The van der Waals surface area contributed by atoms with Gasteiger partial charge in [0.15, 0.2) is 0 Å². The van der Waals surface area contributed by atoms with Crippen LogP contribution in [-0.2, 0) is 16.3 Å². The summed E-state index contributed by atoms with van der Waals surface area (Å²) < 4.78 is 29.1. The van der Waals surface area contributed by atoms with Crippen LogP contribution < -0.4 is 0 Å². The number of imidazole rings is 1. The molecule has 164 valence electrons. The molecule has 6 heteroatoms. The lowest BCUT2D eigenvalue weighted by atomic mass is 9.95. The van der Waals surface area contributed by atoms with E-state index in [1.165, 1.54) is 0 Å². The first-order chi connectivity index (χ1) is 16.6. The molecule has 0 N–H and O–H groups in total. The molecule has 0 saturated carbocycles. The smallest absolute Gasteiger partial charge is 0.210 e. The minimum absolute atomic E-state index is 0.312. The summed E-state index contributed by atoms with van der Waals surface area (Å²) in [6.45, 7) is 2.04. The quantitative estimate of drug-likeness (QED) is 0.292. The monoisotopic (exact) mass is 461 g/mol. The Morgan fingerprint density at radius 2 is 1.71 bits per heavy atom. The van der Waals surface area contributed by atoms with Crippen molar-refractivity contribution in [3.63, 3.8) is 0 Å². The molecule has 6 aromatic rings. The molecule has 1 aliphatic rings. The molecule has 0 amide bonds. The van der Waals surface area contributed by atoms with Crippen LogP contribution in [0.1, 0.15) is 12.7 Å². The minimum atomic E-state index is -3.65. The van der Waals surface area contributed by atoms with Gasteiger partial charge in [0.25, 0.3) is 0 Å². The number of aromatic nitrogens is 3. The molecule has 0 unspecified atom stereocenters. The number of fused-ring (bicyclic) bond motifs is 5. The predicted molar refractivity (Wildman–Crippen MR) is 134 cm³/mol. The third-order valence-electron chi connectivity index (χ3n) is 6.73. The predicted octanol–water partition coefficient (Wildman–Crippen LogP) is 6.10. The van der Waals surface area contributed by atoms with Crippen LogP contribution in [0.15, 0.2) is 94.9 Å². The summed E-state index contributed by atoms with van der Waals surface area (Å²) in [5, 5.41) is 3.23. The Balaban J connectivity index is 1.59. The summed E-state index contributed by atoms with van der Waals surface area (Å²) in [6, 6.07) is 25.3. The summed E-state index contributed by atoms with van der Waals surface area (Å²) >= 11 is 0. The summed E-state index contributed by atoms with van der Waals surface area (Å²) in [6.07, 6.45) is 2.51. The van der Waals surface area contributed by atoms with E-state index in [0.29, 0.717) is 32.9 Å². The van der Waals surface area contributed by atoms with Gasteiger partial charge in [-0.15, -0.1) is 0 Å². The lowest BCUT2D eigenvalue weighted by Crippen LogP contribution is -2.16. The van der Waals surface area contributed by atoms with Crippen molar-refractivity contribution in [2.75, 3.05) is 0 Å². The topological polar surface area (TPSA) is 64.8 Å². The number of rotatable bonds is 2. The van der Waals surface area contributed by atoms with Crippen molar-refractivity contribution in [2.24, 2.45) is 0 Å². The first-order valence-electron chi connectivity index (χ1n) is 11.2. The number of benzene rings is 4. The molecular weight excluding hydrogens is 442 g/mol. The lowest BCUT2D eigenvalue weighted by molar-refractivity contribution is 0.594. The van der Waals surface area contributed by atoms with E-state index in [9.17, 15) is 8.42 Å². The highest BCUT2D eigenvalue weighted by molar-refractivity contribution is 7.92. The van der Waals surface area contributed by atoms with Crippen LogP contribution >= 0.6 is 0 Å².